The molecular weight excluding hydrogens is 276 g/mol. The van der Waals surface area contributed by atoms with E-state index in [0.717, 1.165) is 25.8 Å². The van der Waals surface area contributed by atoms with E-state index in [1.54, 1.807) is 21.4 Å². The summed E-state index contributed by atoms with van der Waals surface area (Å²) in [7, 11) is -3.44. The molecule has 1 aliphatic carbocycles. The summed E-state index contributed by atoms with van der Waals surface area (Å²) in [6.07, 6.45) is 6.19. The zero-order chi connectivity index (χ0) is 14.3. The van der Waals surface area contributed by atoms with Crippen molar-refractivity contribution in [2.24, 2.45) is 17.6 Å². The third-order valence-electron chi connectivity index (χ3n) is 4.64. The molecule has 3 atom stereocenters. The van der Waals surface area contributed by atoms with E-state index < -0.39 is 10.0 Å². The second-order valence-corrected chi connectivity index (χ2v) is 7.84. The number of nitrogens with two attached hydrogens (primary N) is 1. The van der Waals surface area contributed by atoms with E-state index in [4.69, 9.17) is 5.73 Å². The summed E-state index contributed by atoms with van der Waals surface area (Å²) in [5.41, 5.74) is 5.99. The number of aryl methyl sites for hydroxylation is 1. The zero-order valence-corrected chi connectivity index (χ0v) is 12.6. The van der Waals surface area contributed by atoms with Crippen LogP contribution in [-0.2, 0) is 16.6 Å². The number of hydrogen-bond donors (Lipinski definition) is 1. The van der Waals surface area contributed by atoms with Crippen LogP contribution in [0.1, 0.15) is 26.2 Å². The third kappa shape index (κ3) is 2.38. The normalized spacial score (nSPS) is 31.4. The molecule has 0 amide bonds. The smallest absolute Gasteiger partial charge is 0.262 e. The van der Waals surface area contributed by atoms with Crippen molar-refractivity contribution in [3.63, 3.8) is 0 Å². The minimum absolute atomic E-state index is 0.169. The third-order valence-corrected chi connectivity index (χ3v) is 6.35. The molecule has 7 heteroatoms. The van der Waals surface area contributed by atoms with Gasteiger partial charge in [0.2, 0.25) is 0 Å². The quantitative estimate of drug-likeness (QED) is 0.888. The summed E-state index contributed by atoms with van der Waals surface area (Å²) < 4.78 is 28.6. The van der Waals surface area contributed by atoms with Crippen LogP contribution >= 0.6 is 0 Å². The molecule has 20 heavy (non-hydrogen) atoms. The highest BCUT2D eigenvalue weighted by molar-refractivity contribution is 7.89. The molecular formula is C13H22N4O2S. The maximum atomic E-state index is 12.6. The van der Waals surface area contributed by atoms with Gasteiger partial charge in [-0.15, -0.1) is 0 Å². The van der Waals surface area contributed by atoms with Gasteiger partial charge in [0.15, 0.2) is 5.03 Å². The topological polar surface area (TPSA) is 81.2 Å². The van der Waals surface area contributed by atoms with Crippen molar-refractivity contribution in [2.75, 3.05) is 13.1 Å². The Morgan fingerprint density at radius 1 is 1.35 bits per heavy atom. The second kappa shape index (κ2) is 5.13. The fourth-order valence-electron chi connectivity index (χ4n) is 3.40. The van der Waals surface area contributed by atoms with E-state index in [1.165, 1.54) is 0 Å². The highest BCUT2D eigenvalue weighted by Crippen LogP contribution is 2.37. The van der Waals surface area contributed by atoms with Crippen LogP contribution in [0.15, 0.2) is 17.6 Å². The number of nitrogens with zero attached hydrogens (tertiary/aromatic N) is 3. The average Bonchev–Trinajstić information content (AvgIpc) is 3.04. The van der Waals surface area contributed by atoms with E-state index in [-0.39, 0.29) is 11.1 Å². The first-order valence-corrected chi connectivity index (χ1v) is 8.72. The summed E-state index contributed by atoms with van der Waals surface area (Å²) in [5, 5.41) is 0.169. The van der Waals surface area contributed by atoms with Crippen LogP contribution < -0.4 is 5.73 Å². The van der Waals surface area contributed by atoms with Crippen LogP contribution in [0.25, 0.3) is 0 Å². The number of rotatable bonds is 3. The predicted molar refractivity (Wildman–Crippen MR) is 75.5 cm³/mol. The lowest BCUT2D eigenvalue weighted by Gasteiger charge is -2.28. The van der Waals surface area contributed by atoms with E-state index >= 15 is 0 Å². The number of hydrogen-bond acceptors (Lipinski definition) is 4. The Bertz CT molecular complexity index is 583. The molecule has 2 N–H and O–H groups in total. The summed E-state index contributed by atoms with van der Waals surface area (Å²) in [6.45, 7) is 3.91. The molecule has 112 valence electrons. The van der Waals surface area contributed by atoms with E-state index in [1.807, 2.05) is 6.92 Å². The first-order valence-electron chi connectivity index (χ1n) is 7.28. The number of fused-ring (bicyclic) bond motifs is 1. The first-order chi connectivity index (χ1) is 9.50. The van der Waals surface area contributed by atoms with Gasteiger partial charge in [-0.3, -0.25) is 0 Å². The van der Waals surface area contributed by atoms with Crippen LogP contribution in [0.2, 0.25) is 0 Å². The predicted octanol–water partition coefficient (Wildman–Crippen LogP) is 0.651. The van der Waals surface area contributed by atoms with Crippen LogP contribution in [0.3, 0.4) is 0 Å². The molecule has 0 aromatic carbocycles. The van der Waals surface area contributed by atoms with E-state index in [0.29, 0.717) is 24.9 Å². The van der Waals surface area contributed by atoms with Gasteiger partial charge in [-0.25, -0.2) is 13.4 Å². The molecule has 1 saturated heterocycles. The number of imidazole rings is 1. The van der Waals surface area contributed by atoms with E-state index in [9.17, 15) is 8.42 Å². The average molecular weight is 298 g/mol. The van der Waals surface area contributed by atoms with Crippen molar-refractivity contribution in [1.82, 2.24) is 13.9 Å². The van der Waals surface area contributed by atoms with Gasteiger partial charge in [-0.05, 0) is 38.0 Å². The van der Waals surface area contributed by atoms with Crippen molar-refractivity contribution < 1.29 is 8.42 Å². The largest absolute Gasteiger partial charge is 0.336 e. The van der Waals surface area contributed by atoms with Crippen LogP contribution in [0, 0.1) is 11.8 Å². The minimum Gasteiger partial charge on any atom is -0.336 e. The first kappa shape index (κ1) is 14.0. The molecule has 2 heterocycles. The summed E-state index contributed by atoms with van der Waals surface area (Å²) in [5.74, 6) is 0.889. The van der Waals surface area contributed by atoms with Crippen LogP contribution in [-0.4, -0.2) is 41.4 Å². The van der Waals surface area contributed by atoms with Gasteiger partial charge >= 0.3 is 0 Å². The fourth-order valence-corrected chi connectivity index (χ4v) is 4.89. The maximum Gasteiger partial charge on any atom is 0.262 e. The van der Waals surface area contributed by atoms with Crippen LogP contribution in [0.4, 0.5) is 0 Å². The maximum absolute atomic E-state index is 12.6. The summed E-state index contributed by atoms with van der Waals surface area (Å²) in [6, 6.07) is 0.234. The van der Waals surface area contributed by atoms with Gasteiger partial charge in [-0.1, -0.05) is 0 Å². The van der Waals surface area contributed by atoms with Crippen molar-refractivity contribution >= 4 is 10.0 Å². The summed E-state index contributed by atoms with van der Waals surface area (Å²) >= 11 is 0. The standard InChI is InChI=1S/C13H22N4O2S/c1-2-16-8-13(15-9-16)20(18,19)17-6-10-3-4-12(14)5-11(10)7-17/h8-12H,2-7,14H2,1H3/t10-,11+,12?/m1/s1. The molecule has 0 radical (unpaired) electrons. The lowest BCUT2D eigenvalue weighted by Crippen LogP contribution is -2.32. The van der Waals surface area contributed by atoms with Gasteiger partial charge in [0.05, 0.1) is 6.33 Å². The minimum atomic E-state index is -3.44. The molecule has 6 nitrogen and oxygen atoms in total. The molecule has 3 rings (SSSR count). The molecule has 0 spiro atoms. The molecule has 1 aromatic heterocycles. The molecule has 1 aliphatic heterocycles. The Labute approximate surface area is 120 Å². The molecule has 1 aromatic rings. The van der Waals surface area contributed by atoms with Gasteiger partial charge in [0.25, 0.3) is 10.0 Å². The Kier molecular flexibility index (Phi) is 3.60. The van der Waals surface area contributed by atoms with Gasteiger partial charge in [-0.2, -0.15) is 4.31 Å². The molecule has 1 unspecified atom stereocenters. The summed E-state index contributed by atoms with van der Waals surface area (Å²) in [4.78, 5) is 4.04. The van der Waals surface area contributed by atoms with Crippen molar-refractivity contribution in [1.29, 1.82) is 0 Å². The Morgan fingerprint density at radius 2 is 2.10 bits per heavy atom. The highest BCUT2D eigenvalue weighted by Gasteiger charge is 2.42. The molecule has 2 fully saturated rings. The lowest BCUT2D eigenvalue weighted by atomic mass is 9.79. The van der Waals surface area contributed by atoms with Crippen molar-refractivity contribution in [2.45, 2.75) is 43.8 Å². The number of aromatic nitrogens is 2. The number of sulfonamides is 1. The van der Waals surface area contributed by atoms with E-state index in [2.05, 4.69) is 4.98 Å². The lowest BCUT2D eigenvalue weighted by molar-refractivity contribution is 0.271. The SMILES string of the molecule is CCn1cnc(S(=O)(=O)N2C[C@H]3CCC(N)C[C@H]3C2)c1. The molecule has 2 aliphatic rings. The molecule has 1 saturated carbocycles. The Hall–Kier alpha value is -0.920. The van der Waals surface area contributed by atoms with Crippen LogP contribution in [0.5, 0.6) is 0 Å². The van der Waals surface area contributed by atoms with Crippen molar-refractivity contribution in [3.8, 4) is 0 Å². The fraction of sp³-hybridized carbons (Fsp3) is 0.769. The Morgan fingerprint density at radius 3 is 2.80 bits per heavy atom. The van der Waals surface area contributed by atoms with Gasteiger partial charge < -0.3 is 10.3 Å². The highest BCUT2D eigenvalue weighted by atomic mass is 32.2. The zero-order valence-electron chi connectivity index (χ0n) is 11.8. The second-order valence-electron chi connectivity index (χ2n) is 5.96. The Balaban J connectivity index is 1.79. The van der Waals surface area contributed by atoms with Gasteiger partial charge in [0.1, 0.15) is 0 Å². The van der Waals surface area contributed by atoms with Gasteiger partial charge in [0, 0.05) is 31.9 Å². The molecule has 0 bridgehead atoms. The van der Waals surface area contributed by atoms with Crippen molar-refractivity contribution in [3.05, 3.63) is 12.5 Å². The monoisotopic (exact) mass is 298 g/mol.